The number of nitrogens with two attached hydrogens (primary N) is 1. The number of amides is 1. The molecule has 21 heavy (non-hydrogen) atoms. The fraction of sp³-hybridized carbons (Fsp3) is 0.562. The minimum atomic E-state index is -0.508. The summed E-state index contributed by atoms with van der Waals surface area (Å²) in [5.41, 5.74) is 7.62. The number of ether oxygens (including phenoxy) is 2. The first kappa shape index (κ1) is 15.8. The van der Waals surface area contributed by atoms with E-state index in [0.717, 1.165) is 36.3 Å². The van der Waals surface area contributed by atoms with Gasteiger partial charge in [0, 0.05) is 18.7 Å². The van der Waals surface area contributed by atoms with Gasteiger partial charge in [0.1, 0.15) is 12.4 Å². The van der Waals surface area contributed by atoms with Gasteiger partial charge in [-0.05, 0) is 38.3 Å². The molecule has 1 unspecified atom stereocenters. The monoisotopic (exact) mass is 292 g/mol. The summed E-state index contributed by atoms with van der Waals surface area (Å²) in [6, 6.07) is 5.46. The maximum absolute atomic E-state index is 11.6. The van der Waals surface area contributed by atoms with E-state index in [9.17, 15) is 4.79 Å². The van der Waals surface area contributed by atoms with Gasteiger partial charge in [-0.1, -0.05) is 12.1 Å². The molecule has 1 amide bonds. The Labute approximate surface area is 125 Å². The molecule has 1 heterocycles. The first-order valence-corrected chi connectivity index (χ1v) is 7.43. The molecule has 116 valence electrons. The van der Waals surface area contributed by atoms with Crippen LogP contribution in [0.2, 0.25) is 0 Å². The zero-order valence-corrected chi connectivity index (χ0v) is 12.7. The summed E-state index contributed by atoms with van der Waals surface area (Å²) in [6.45, 7) is 5.47. The molecule has 2 atom stereocenters. The summed E-state index contributed by atoms with van der Waals surface area (Å²) < 4.78 is 11.5. The average molecular weight is 292 g/mol. The largest absolute Gasteiger partial charge is 0.491 e. The average Bonchev–Trinajstić information content (AvgIpc) is 2.96. The van der Waals surface area contributed by atoms with Crippen LogP contribution in [0.1, 0.15) is 30.9 Å². The van der Waals surface area contributed by atoms with E-state index in [1.807, 2.05) is 25.1 Å². The Kier molecular flexibility index (Phi) is 5.59. The van der Waals surface area contributed by atoms with Gasteiger partial charge in [0.15, 0.2) is 0 Å². The van der Waals surface area contributed by atoms with Crippen molar-refractivity contribution in [3.8, 4) is 5.75 Å². The number of aryl methyl sites for hydroxylation is 1. The van der Waals surface area contributed by atoms with Crippen molar-refractivity contribution in [1.82, 2.24) is 5.32 Å². The van der Waals surface area contributed by atoms with Crippen LogP contribution in [0.3, 0.4) is 0 Å². The highest BCUT2D eigenvalue weighted by Gasteiger charge is 2.17. The third-order valence-electron chi connectivity index (χ3n) is 3.54. The molecule has 5 nitrogen and oxygen atoms in total. The van der Waals surface area contributed by atoms with Crippen molar-refractivity contribution in [3.05, 3.63) is 29.3 Å². The third-order valence-corrected chi connectivity index (χ3v) is 3.54. The highest BCUT2D eigenvalue weighted by atomic mass is 16.5. The molecule has 0 radical (unpaired) electrons. The van der Waals surface area contributed by atoms with Crippen LogP contribution in [0.25, 0.3) is 0 Å². The summed E-state index contributed by atoms with van der Waals surface area (Å²) in [7, 11) is 0. The maximum atomic E-state index is 11.6. The first-order chi connectivity index (χ1) is 10.1. The molecule has 2 rings (SSSR count). The van der Waals surface area contributed by atoms with Crippen molar-refractivity contribution in [1.29, 1.82) is 0 Å². The first-order valence-electron chi connectivity index (χ1n) is 7.43. The van der Waals surface area contributed by atoms with Crippen molar-refractivity contribution in [3.63, 3.8) is 0 Å². The lowest BCUT2D eigenvalue weighted by atomic mass is 10.1. The number of nitrogens with one attached hydrogen (secondary N) is 1. The predicted octanol–water partition coefficient (Wildman–Crippen LogP) is 1.52. The van der Waals surface area contributed by atoms with Crippen LogP contribution in [0.5, 0.6) is 5.75 Å². The third kappa shape index (κ3) is 4.72. The van der Waals surface area contributed by atoms with Gasteiger partial charge >= 0.3 is 0 Å². The highest BCUT2D eigenvalue weighted by Crippen LogP contribution is 2.22. The van der Waals surface area contributed by atoms with E-state index in [0.29, 0.717) is 13.2 Å². The Morgan fingerprint density at radius 2 is 2.38 bits per heavy atom. The molecule has 0 saturated carbocycles. The fourth-order valence-corrected chi connectivity index (χ4v) is 2.24. The number of hydrogen-bond donors (Lipinski definition) is 2. The second kappa shape index (κ2) is 7.43. The lowest BCUT2D eigenvalue weighted by Crippen LogP contribution is -2.37. The van der Waals surface area contributed by atoms with E-state index in [1.165, 1.54) is 0 Å². The molecule has 0 spiro atoms. The van der Waals surface area contributed by atoms with E-state index in [2.05, 4.69) is 5.32 Å². The number of carbonyl (C=O) groups excluding carboxylic acids is 1. The fourth-order valence-electron chi connectivity index (χ4n) is 2.24. The maximum Gasteiger partial charge on any atom is 0.236 e. The van der Waals surface area contributed by atoms with Gasteiger partial charge in [0.25, 0.3) is 0 Å². The van der Waals surface area contributed by atoms with E-state index in [1.54, 1.807) is 6.92 Å². The Balaban J connectivity index is 1.97. The quantitative estimate of drug-likeness (QED) is 0.833. The van der Waals surface area contributed by atoms with Gasteiger partial charge in [-0.3, -0.25) is 4.79 Å². The van der Waals surface area contributed by atoms with Crippen LogP contribution in [-0.2, 0) is 16.1 Å². The number of carbonyl (C=O) groups is 1. The van der Waals surface area contributed by atoms with Gasteiger partial charge in [-0.15, -0.1) is 0 Å². The Bertz CT molecular complexity index is 482. The van der Waals surface area contributed by atoms with E-state index in [4.69, 9.17) is 15.2 Å². The number of rotatable bonds is 6. The summed E-state index contributed by atoms with van der Waals surface area (Å²) in [5.74, 6) is 0.635. The zero-order valence-electron chi connectivity index (χ0n) is 12.7. The number of benzene rings is 1. The van der Waals surface area contributed by atoms with Crippen molar-refractivity contribution >= 4 is 5.91 Å². The highest BCUT2D eigenvalue weighted by molar-refractivity contribution is 5.80. The second-order valence-electron chi connectivity index (χ2n) is 5.56. The summed E-state index contributed by atoms with van der Waals surface area (Å²) in [5, 5.41) is 2.81. The van der Waals surface area contributed by atoms with E-state index in [-0.39, 0.29) is 12.0 Å². The predicted molar refractivity (Wildman–Crippen MR) is 81.1 cm³/mol. The van der Waals surface area contributed by atoms with Gasteiger partial charge in [-0.25, -0.2) is 0 Å². The van der Waals surface area contributed by atoms with Crippen molar-refractivity contribution in [2.24, 2.45) is 5.73 Å². The van der Waals surface area contributed by atoms with Crippen LogP contribution in [0.4, 0.5) is 0 Å². The molecule has 1 aromatic rings. The molecular weight excluding hydrogens is 268 g/mol. The smallest absolute Gasteiger partial charge is 0.236 e. The molecular formula is C16H24N2O3. The SMILES string of the molecule is Cc1ccc(CNC(=O)[C@@H](C)N)c(OCC2CCCO2)c1. The van der Waals surface area contributed by atoms with E-state index < -0.39 is 6.04 Å². The van der Waals surface area contributed by atoms with Gasteiger partial charge in [-0.2, -0.15) is 0 Å². The summed E-state index contributed by atoms with van der Waals surface area (Å²) in [6.07, 6.45) is 2.32. The van der Waals surface area contributed by atoms with Crippen molar-refractivity contribution in [2.75, 3.05) is 13.2 Å². The van der Waals surface area contributed by atoms with Crippen LogP contribution in [0.15, 0.2) is 18.2 Å². The molecule has 3 N–H and O–H groups in total. The molecule has 1 fully saturated rings. The second-order valence-corrected chi connectivity index (χ2v) is 5.56. The lowest BCUT2D eigenvalue weighted by molar-refractivity contribution is -0.122. The van der Waals surface area contributed by atoms with Gasteiger partial charge in [0.05, 0.1) is 12.1 Å². The Morgan fingerprint density at radius 1 is 1.57 bits per heavy atom. The Morgan fingerprint density at radius 3 is 3.05 bits per heavy atom. The van der Waals surface area contributed by atoms with Crippen LogP contribution < -0.4 is 15.8 Å². The standard InChI is InChI=1S/C16H24N2O3/c1-11-5-6-13(9-18-16(19)12(2)17)15(8-11)21-10-14-4-3-7-20-14/h5-6,8,12,14H,3-4,7,9-10,17H2,1-2H3,(H,18,19)/t12-,14?/m1/s1. The topological polar surface area (TPSA) is 73.6 Å². The molecule has 0 aliphatic carbocycles. The van der Waals surface area contributed by atoms with Gasteiger partial charge in [0.2, 0.25) is 5.91 Å². The van der Waals surface area contributed by atoms with Crippen LogP contribution in [-0.4, -0.2) is 31.3 Å². The molecule has 0 aromatic heterocycles. The van der Waals surface area contributed by atoms with Crippen LogP contribution in [0, 0.1) is 6.92 Å². The minimum absolute atomic E-state index is 0.166. The summed E-state index contributed by atoms with van der Waals surface area (Å²) >= 11 is 0. The molecule has 1 saturated heterocycles. The molecule has 5 heteroatoms. The number of hydrogen-bond acceptors (Lipinski definition) is 4. The summed E-state index contributed by atoms with van der Waals surface area (Å²) in [4.78, 5) is 11.6. The lowest BCUT2D eigenvalue weighted by Gasteiger charge is -2.16. The van der Waals surface area contributed by atoms with Crippen LogP contribution >= 0.6 is 0 Å². The van der Waals surface area contributed by atoms with Crippen molar-refractivity contribution in [2.45, 2.75) is 45.4 Å². The molecule has 1 aliphatic rings. The molecule has 1 aromatic carbocycles. The Hall–Kier alpha value is -1.59. The molecule has 1 aliphatic heterocycles. The molecule has 0 bridgehead atoms. The van der Waals surface area contributed by atoms with Gasteiger partial charge < -0.3 is 20.5 Å². The minimum Gasteiger partial charge on any atom is -0.491 e. The normalized spacial score (nSPS) is 19.3. The van der Waals surface area contributed by atoms with Crippen molar-refractivity contribution < 1.29 is 14.3 Å². The zero-order chi connectivity index (χ0) is 15.2. The van der Waals surface area contributed by atoms with E-state index >= 15 is 0 Å².